The van der Waals surface area contributed by atoms with Crippen molar-refractivity contribution in [3.05, 3.63) is 69.2 Å². The summed E-state index contributed by atoms with van der Waals surface area (Å²) in [6.45, 7) is 4.23. The van der Waals surface area contributed by atoms with Crippen LogP contribution in [0.5, 0.6) is 0 Å². The summed E-state index contributed by atoms with van der Waals surface area (Å²) >= 11 is 6.07. The summed E-state index contributed by atoms with van der Waals surface area (Å²) in [5.74, 6) is 1.01. The molecule has 1 aromatic carbocycles. The predicted octanol–water partition coefficient (Wildman–Crippen LogP) is 3.80. The molecule has 0 aliphatic heterocycles. The van der Waals surface area contributed by atoms with Gasteiger partial charge in [0.05, 0.1) is 0 Å². The normalized spacial score (nSPS) is 10.6. The van der Waals surface area contributed by atoms with Crippen LogP contribution in [0.15, 0.2) is 47.4 Å². The van der Waals surface area contributed by atoms with Crippen LogP contribution < -0.4 is 16.2 Å². The molecule has 0 aliphatic carbocycles. The second kappa shape index (κ2) is 9.34. The summed E-state index contributed by atoms with van der Waals surface area (Å²) in [5, 5.41) is 6.58. The number of aromatic amines is 1. The summed E-state index contributed by atoms with van der Waals surface area (Å²) in [6.07, 6.45) is 2.60. The van der Waals surface area contributed by atoms with E-state index in [4.69, 9.17) is 11.6 Å². The second-order valence-corrected chi connectivity index (χ2v) is 6.92. The van der Waals surface area contributed by atoms with Crippen LogP contribution in [0, 0.1) is 6.92 Å². The number of benzene rings is 1. The minimum Gasteiger partial charge on any atom is -0.370 e. The largest absolute Gasteiger partial charge is 0.370 e. The van der Waals surface area contributed by atoms with Gasteiger partial charge in [0, 0.05) is 47.2 Å². The minimum absolute atomic E-state index is 0.113. The lowest BCUT2D eigenvalue weighted by atomic mass is 10.2. The Hall–Kier alpha value is -3.19. The molecule has 7 nitrogen and oxygen atoms in total. The van der Waals surface area contributed by atoms with Gasteiger partial charge in [-0.25, -0.2) is 9.97 Å². The van der Waals surface area contributed by atoms with Gasteiger partial charge in [-0.1, -0.05) is 24.6 Å². The molecular formula is C21H22ClN5O2. The second-order valence-electron chi connectivity index (χ2n) is 6.51. The van der Waals surface area contributed by atoms with Crippen LogP contribution in [0.2, 0.25) is 5.02 Å². The van der Waals surface area contributed by atoms with Gasteiger partial charge in [0.25, 0.3) is 5.56 Å². The van der Waals surface area contributed by atoms with Gasteiger partial charge in [0.2, 0.25) is 5.91 Å². The molecule has 0 bridgehead atoms. The summed E-state index contributed by atoms with van der Waals surface area (Å²) in [4.78, 5) is 35.3. The molecule has 3 aromatic rings. The molecule has 0 saturated carbocycles. The third-order valence-corrected chi connectivity index (χ3v) is 4.80. The number of nitrogens with one attached hydrogen (secondary N) is 3. The fourth-order valence-electron chi connectivity index (χ4n) is 2.72. The van der Waals surface area contributed by atoms with Gasteiger partial charge in [-0.15, -0.1) is 0 Å². The Kier molecular flexibility index (Phi) is 6.61. The van der Waals surface area contributed by atoms with E-state index in [1.807, 2.05) is 26.0 Å². The van der Waals surface area contributed by atoms with Gasteiger partial charge in [-0.2, -0.15) is 0 Å². The molecule has 0 unspecified atom stereocenters. The highest BCUT2D eigenvalue weighted by Crippen LogP contribution is 2.23. The van der Waals surface area contributed by atoms with Crippen LogP contribution >= 0.6 is 11.6 Å². The van der Waals surface area contributed by atoms with Gasteiger partial charge in [0.1, 0.15) is 11.6 Å². The first-order valence-corrected chi connectivity index (χ1v) is 9.69. The molecule has 150 valence electrons. The van der Waals surface area contributed by atoms with Gasteiger partial charge in [0.15, 0.2) is 0 Å². The molecule has 0 spiro atoms. The molecule has 3 N–H and O–H groups in total. The van der Waals surface area contributed by atoms with Gasteiger partial charge in [-0.3, -0.25) is 9.59 Å². The summed E-state index contributed by atoms with van der Waals surface area (Å²) in [6, 6.07) is 10.5. The number of aromatic nitrogens is 3. The summed E-state index contributed by atoms with van der Waals surface area (Å²) in [5.41, 5.74) is 2.81. The lowest BCUT2D eigenvalue weighted by Crippen LogP contribution is -2.17. The van der Waals surface area contributed by atoms with Crippen molar-refractivity contribution < 1.29 is 4.79 Å². The van der Waals surface area contributed by atoms with E-state index in [9.17, 15) is 9.59 Å². The fraction of sp³-hybridized carbons (Fsp3) is 0.238. The molecule has 0 fully saturated rings. The Balaban J connectivity index is 1.55. The van der Waals surface area contributed by atoms with Crippen molar-refractivity contribution in [3.8, 4) is 11.4 Å². The molecule has 0 saturated heterocycles. The lowest BCUT2D eigenvalue weighted by Gasteiger charge is -2.10. The monoisotopic (exact) mass is 411 g/mol. The number of carbonyl (C=O) groups excluding carboxylic acids is 1. The quantitative estimate of drug-likeness (QED) is 0.549. The fourth-order valence-corrected chi connectivity index (χ4v) is 2.90. The van der Waals surface area contributed by atoms with Gasteiger partial charge in [-0.05, 0) is 43.2 Å². The third kappa shape index (κ3) is 5.42. The van der Waals surface area contributed by atoms with Crippen LogP contribution in [0.1, 0.15) is 24.6 Å². The van der Waals surface area contributed by atoms with Gasteiger partial charge < -0.3 is 15.6 Å². The number of pyridine rings is 1. The van der Waals surface area contributed by atoms with Crippen molar-refractivity contribution in [2.45, 2.75) is 26.7 Å². The maximum Gasteiger partial charge on any atom is 0.251 e. The molecule has 0 aliphatic rings. The van der Waals surface area contributed by atoms with Crippen LogP contribution in [0.25, 0.3) is 11.4 Å². The van der Waals surface area contributed by atoms with Crippen molar-refractivity contribution in [1.82, 2.24) is 15.0 Å². The molecule has 1 amide bonds. The van der Waals surface area contributed by atoms with E-state index in [0.717, 1.165) is 16.8 Å². The molecule has 29 heavy (non-hydrogen) atoms. The zero-order valence-corrected chi connectivity index (χ0v) is 17.0. The maximum atomic E-state index is 12.1. The highest BCUT2D eigenvalue weighted by atomic mass is 35.5. The average molecular weight is 412 g/mol. The Morgan fingerprint density at radius 3 is 2.79 bits per heavy atom. The van der Waals surface area contributed by atoms with E-state index in [1.165, 1.54) is 6.07 Å². The Morgan fingerprint density at radius 2 is 2.07 bits per heavy atom. The number of anilines is 2. The SMILES string of the molecule is CCc1cc(=O)[nH]c(-c2ccc(NCCC(=O)Nc3cccc(Cl)c3C)nc2)n1. The number of hydrogen-bond donors (Lipinski definition) is 3. The molecule has 0 radical (unpaired) electrons. The van der Waals surface area contributed by atoms with E-state index >= 15 is 0 Å². The van der Waals surface area contributed by atoms with Gasteiger partial charge >= 0.3 is 0 Å². The summed E-state index contributed by atoms with van der Waals surface area (Å²) < 4.78 is 0. The van der Waals surface area contributed by atoms with E-state index in [0.29, 0.717) is 35.3 Å². The van der Waals surface area contributed by atoms with Crippen LogP contribution in [0.4, 0.5) is 11.5 Å². The van der Waals surface area contributed by atoms with Crippen molar-refractivity contribution in [1.29, 1.82) is 0 Å². The number of carbonyl (C=O) groups is 1. The number of nitrogens with zero attached hydrogens (tertiary/aromatic N) is 2. The predicted molar refractivity (Wildman–Crippen MR) is 115 cm³/mol. The first kappa shape index (κ1) is 20.5. The first-order valence-electron chi connectivity index (χ1n) is 9.31. The maximum absolute atomic E-state index is 12.1. The molecule has 3 rings (SSSR count). The zero-order valence-electron chi connectivity index (χ0n) is 16.3. The minimum atomic E-state index is -0.185. The van der Waals surface area contributed by atoms with Crippen LogP contribution in [-0.4, -0.2) is 27.4 Å². The highest BCUT2D eigenvalue weighted by molar-refractivity contribution is 6.31. The Morgan fingerprint density at radius 1 is 1.24 bits per heavy atom. The third-order valence-electron chi connectivity index (χ3n) is 4.39. The standard InChI is InChI=1S/C21H22ClN5O2/c1-3-15-11-20(29)27-21(25-15)14-7-8-18(24-12-14)23-10-9-19(28)26-17-6-4-5-16(22)13(17)2/h4-8,11-12H,3,9-10H2,1-2H3,(H,23,24)(H,26,28)(H,25,27,29). The molecular weight excluding hydrogens is 390 g/mol. The zero-order chi connectivity index (χ0) is 20.8. The number of amides is 1. The van der Waals surface area contributed by atoms with Crippen LogP contribution in [-0.2, 0) is 11.2 Å². The molecule has 0 atom stereocenters. The van der Waals surface area contributed by atoms with Crippen molar-refractivity contribution in [2.75, 3.05) is 17.2 Å². The molecule has 2 aromatic heterocycles. The van der Waals surface area contributed by atoms with E-state index in [1.54, 1.807) is 24.4 Å². The smallest absolute Gasteiger partial charge is 0.251 e. The first-order chi connectivity index (χ1) is 14.0. The Labute approximate surface area is 173 Å². The topological polar surface area (TPSA) is 99.8 Å². The van der Waals surface area contributed by atoms with E-state index in [2.05, 4.69) is 25.6 Å². The lowest BCUT2D eigenvalue weighted by molar-refractivity contribution is -0.115. The van der Waals surface area contributed by atoms with Crippen molar-refractivity contribution >= 4 is 29.0 Å². The van der Waals surface area contributed by atoms with E-state index in [-0.39, 0.29) is 17.9 Å². The summed E-state index contributed by atoms with van der Waals surface area (Å²) in [7, 11) is 0. The van der Waals surface area contributed by atoms with E-state index < -0.39 is 0 Å². The molecule has 2 heterocycles. The number of hydrogen-bond acceptors (Lipinski definition) is 5. The number of halogens is 1. The molecule has 8 heteroatoms. The Bertz CT molecular complexity index is 1060. The van der Waals surface area contributed by atoms with Crippen LogP contribution in [0.3, 0.4) is 0 Å². The average Bonchev–Trinajstić information content (AvgIpc) is 2.71. The number of rotatable bonds is 7. The number of H-pyrrole nitrogens is 1. The number of aryl methyl sites for hydroxylation is 1. The van der Waals surface area contributed by atoms with Crippen molar-refractivity contribution in [2.24, 2.45) is 0 Å². The highest BCUT2D eigenvalue weighted by Gasteiger charge is 2.08. The van der Waals surface area contributed by atoms with Crippen molar-refractivity contribution in [3.63, 3.8) is 0 Å².